The highest BCUT2D eigenvalue weighted by atomic mass is 14.9. The first-order valence-electron chi connectivity index (χ1n) is 5.48. The third-order valence-corrected chi connectivity index (χ3v) is 2.24. The molecule has 0 saturated carbocycles. The molecule has 82 valence electrons. The topological polar surface area (TPSA) is 38.4 Å². The standard InChI is InChI=1S/C13H20N2/c1-10(2)9-11(3)15-13(14)12-7-5-4-6-8-12/h4-8,10-11H,9H2,1-3H3,(H2,14,15). The van der Waals surface area contributed by atoms with Crippen LogP contribution in [0.15, 0.2) is 35.3 Å². The predicted molar refractivity (Wildman–Crippen MR) is 66.1 cm³/mol. The Hall–Kier alpha value is -1.31. The van der Waals surface area contributed by atoms with Gasteiger partial charge in [-0.2, -0.15) is 0 Å². The van der Waals surface area contributed by atoms with Gasteiger partial charge in [0.05, 0.1) is 0 Å². The van der Waals surface area contributed by atoms with Crippen LogP contribution in [0.25, 0.3) is 0 Å². The Balaban J connectivity index is 2.67. The lowest BCUT2D eigenvalue weighted by molar-refractivity contribution is 0.521. The Morgan fingerprint density at radius 1 is 1.20 bits per heavy atom. The van der Waals surface area contributed by atoms with Gasteiger partial charge >= 0.3 is 0 Å². The summed E-state index contributed by atoms with van der Waals surface area (Å²) in [5, 5.41) is 0. The summed E-state index contributed by atoms with van der Waals surface area (Å²) in [5.41, 5.74) is 6.93. The van der Waals surface area contributed by atoms with Crippen molar-refractivity contribution >= 4 is 5.84 Å². The third kappa shape index (κ3) is 4.15. The number of rotatable bonds is 4. The van der Waals surface area contributed by atoms with Crippen LogP contribution in [0.4, 0.5) is 0 Å². The summed E-state index contributed by atoms with van der Waals surface area (Å²) < 4.78 is 0. The number of nitrogens with zero attached hydrogens (tertiary/aromatic N) is 1. The number of aliphatic imine (C=N–C) groups is 1. The molecule has 2 heteroatoms. The van der Waals surface area contributed by atoms with E-state index < -0.39 is 0 Å². The molecule has 0 fully saturated rings. The Labute approximate surface area is 92.2 Å². The van der Waals surface area contributed by atoms with Crippen LogP contribution in [0.2, 0.25) is 0 Å². The van der Waals surface area contributed by atoms with E-state index in [4.69, 9.17) is 5.73 Å². The van der Waals surface area contributed by atoms with E-state index in [1.165, 1.54) is 0 Å². The van der Waals surface area contributed by atoms with E-state index in [1.807, 2.05) is 30.3 Å². The first-order valence-corrected chi connectivity index (χ1v) is 5.48. The molecule has 1 rings (SSSR count). The molecule has 1 atom stereocenters. The Bertz CT molecular complexity index is 315. The summed E-state index contributed by atoms with van der Waals surface area (Å²) in [5.74, 6) is 1.30. The van der Waals surface area contributed by atoms with Crippen molar-refractivity contribution in [3.8, 4) is 0 Å². The third-order valence-electron chi connectivity index (χ3n) is 2.24. The minimum atomic E-state index is 0.296. The fourth-order valence-electron chi connectivity index (χ4n) is 1.66. The fraction of sp³-hybridized carbons (Fsp3) is 0.462. The second-order valence-electron chi connectivity index (χ2n) is 4.36. The molecule has 0 heterocycles. The summed E-state index contributed by atoms with van der Waals surface area (Å²) in [7, 11) is 0. The van der Waals surface area contributed by atoms with Crippen LogP contribution in [-0.4, -0.2) is 11.9 Å². The normalized spacial score (nSPS) is 14.3. The molecule has 0 aliphatic rings. The zero-order valence-corrected chi connectivity index (χ0v) is 9.77. The number of hydrogen-bond acceptors (Lipinski definition) is 1. The molecule has 2 nitrogen and oxygen atoms in total. The number of nitrogens with two attached hydrogens (primary N) is 1. The molecule has 1 aromatic rings. The lowest BCUT2D eigenvalue weighted by Gasteiger charge is -2.10. The summed E-state index contributed by atoms with van der Waals surface area (Å²) in [4.78, 5) is 4.48. The molecule has 0 aromatic heterocycles. The van der Waals surface area contributed by atoms with E-state index in [-0.39, 0.29) is 0 Å². The lowest BCUT2D eigenvalue weighted by Crippen LogP contribution is -2.17. The summed E-state index contributed by atoms with van der Waals surface area (Å²) >= 11 is 0. The lowest BCUT2D eigenvalue weighted by atomic mass is 10.1. The highest BCUT2D eigenvalue weighted by Crippen LogP contribution is 2.08. The quantitative estimate of drug-likeness (QED) is 0.594. The summed E-state index contributed by atoms with van der Waals surface area (Å²) in [6, 6.07) is 10.2. The maximum atomic E-state index is 5.92. The Morgan fingerprint density at radius 3 is 2.33 bits per heavy atom. The molecule has 15 heavy (non-hydrogen) atoms. The van der Waals surface area contributed by atoms with Crippen molar-refractivity contribution in [3.05, 3.63) is 35.9 Å². The van der Waals surface area contributed by atoms with Gasteiger partial charge in [0.2, 0.25) is 0 Å². The van der Waals surface area contributed by atoms with Gasteiger partial charge in [0.15, 0.2) is 0 Å². The molecular formula is C13H20N2. The van der Waals surface area contributed by atoms with Crippen molar-refractivity contribution in [1.29, 1.82) is 0 Å². The first-order chi connectivity index (χ1) is 7.09. The molecule has 0 bridgehead atoms. The average molecular weight is 204 g/mol. The van der Waals surface area contributed by atoms with Crippen molar-refractivity contribution in [2.75, 3.05) is 0 Å². The van der Waals surface area contributed by atoms with Gasteiger partial charge in [-0.05, 0) is 19.3 Å². The van der Waals surface area contributed by atoms with E-state index in [1.54, 1.807) is 0 Å². The summed E-state index contributed by atoms with van der Waals surface area (Å²) in [6.45, 7) is 6.51. The van der Waals surface area contributed by atoms with Crippen molar-refractivity contribution in [2.24, 2.45) is 16.6 Å². The van der Waals surface area contributed by atoms with Crippen LogP contribution < -0.4 is 5.73 Å². The van der Waals surface area contributed by atoms with Gasteiger partial charge in [0.1, 0.15) is 5.84 Å². The molecule has 0 amide bonds. The predicted octanol–water partition coefficient (Wildman–Crippen LogP) is 2.83. The Morgan fingerprint density at radius 2 is 1.80 bits per heavy atom. The largest absolute Gasteiger partial charge is 0.383 e. The van der Waals surface area contributed by atoms with E-state index >= 15 is 0 Å². The zero-order chi connectivity index (χ0) is 11.3. The fourth-order valence-corrected chi connectivity index (χ4v) is 1.66. The van der Waals surface area contributed by atoms with Crippen molar-refractivity contribution in [1.82, 2.24) is 0 Å². The molecule has 1 aromatic carbocycles. The van der Waals surface area contributed by atoms with Crippen LogP contribution in [0.5, 0.6) is 0 Å². The molecular weight excluding hydrogens is 184 g/mol. The van der Waals surface area contributed by atoms with Gasteiger partial charge in [-0.1, -0.05) is 44.2 Å². The molecule has 0 saturated heterocycles. The molecule has 0 spiro atoms. The van der Waals surface area contributed by atoms with E-state index in [9.17, 15) is 0 Å². The second kappa shape index (κ2) is 5.54. The number of benzene rings is 1. The van der Waals surface area contributed by atoms with Crippen molar-refractivity contribution in [2.45, 2.75) is 33.2 Å². The second-order valence-corrected chi connectivity index (χ2v) is 4.36. The monoisotopic (exact) mass is 204 g/mol. The van der Waals surface area contributed by atoms with Gasteiger partial charge in [-0.3, -0.25) is 4.99 Å². The molecule has 2 N–H and O–H groups in total. The van der Waals surface area contributed by atoms with Crippen molar-refractivity contribution in [3.63, 3.8) is 0 Å². The molecule has 0 radical (unpaired) electrons. The van der Waals surface area contributed by atoms with Gasteiger partial charge < -0.3 is 5.73 Å². The zero-order valence-electron chi connectivity index (χ0n) is 9.77. The maximum Gasteiger partial charge on any atom is 0.125 e. The summed E-state index contributed by atoms with van der Waals surface area (Å²) in [6.07, 6.45) is 1.08. The van der Waals surface area contributed by atoms with Crippen molar-refractivity contribution < 1.29 is 0 Å². The highest BCUT2D eigenvalue weighted by molar-refractivity contribution is 5.97. The van der Waals surface area contributed by atoms with Crippen LogP contribution in [0.3, 0.4) is 0 Å². The maximum absolute atomic E-state index is 5.92. The molecule has 1 unspecified atom stereocenters. The highest BCUT2D eigenvalue weighted by Gasteiger charge is 2.04. The van der Waals surface area contributed by atoms with Crippen LogP contribution in [-0.2, 0) is 0 Å². The van der Waals surface area contributed by atoms with E-state index in [0.717, 1.165) is 12.0 Å². The van der Waals surface area contributed by atoms with Crippen LogP contribution >= 0.6 is 0 Å². The van der Waals surface area contributed by atoms with E-state index in [2.05, 4.69) is 25.8 Å². The van der Waals surface area contributed by atoms with E-state index in [0.29, 0.717) is 17.8 Å². The van der Waals surface area contributed by atoms with Gasteiger partial charge in [-0.25, -0.2) is 0 Å². The molecule has 0 aliphatic carbocycles. The minimum Gasteiger partial charge on any atom is -0.383 e. The number of amidine groups is 1. The number of hydrogen-bond donors (Lipinski definition) is 1. The van der Waals surface area contributed by atoms with Crippen LogP contribution in [0.1, 0.15) is 32.8 Å². The SMILES string of the molecule is CC(C)CC(C)N=C(N)c1ccccc1. The smallest absolute Gasteiger partial charge is 0.125 e. The van der Waals surface area contributed by atoms with Gasteiger partial charge in [0, 0.05) is 11.6 Å². The molecule has 0 aliphatic heterocycles. The minimum absolute atomic E-state index is 0.296. The van der Waals surface area contributed by atoms with Gasteiger partial charge in [0.25, 0.3) is 0 Å². The average Bonchev–Trinajstić information content (AvgIpc) is 2.17. The van der Waals surface area contributed by atoms with Crippen LogP contribution in [0, 0.1) is 5.92 Å². The van der Waals surface area contributed by atoms with Gasteiger partial charge in [-0.15, -0.1) is 0 Å². The first kappa shape index (κ1) is 11.8. The Kier molecular flexibility index (Phi) is 4.35.